The molecule has 3 nitrogen and oxygen atoms in total. The Kier molecular flexibility index (Phi) is 8.12. The van der Waals surface area contributed by atoms with Gasteiger partial charge in [-0.3, -0.25) is 0 Å². The van der Waals surface area contributed by atoms with Crippen molar-refractivity contribution < 1.29 is 4.74 Å². The van der Waals surface area contributed by atoms with Crippen LogP contribution >= 0.6 is 0 Å². The molecule has 1 rings (SSSR count). The molecule has 0 aliphatic rings. The Morgan fingerprint density at radius 2 is 1.85 bits per heavy atom. The summed E-state index contributed by atoms with van der Waals surface area (Å²) in [6.45, 7) is 6.32. The van der Waals surface area contributed by atoms with Gasteiger partial charge in [0, 0.05) is 31.9 Å². The normalized spacial score (nSPS) is 10.8. The maximum Gasteiger partial charge on any atom is 0.121 e. The van der Waals surface area contributed by atoms with Crippen LogP contribution in [0.5, 0.6) is 5.75 Å². The largest absolute Gasteiger partial charge is 0.494 e. The Bertz CT molecular complexity index is 364. The molecule has 0 radical (unpaired) electrons. The molecule has 0 spiro atoms. The maximum atomic E-state index is 5.80. The van der Waals surface area contributed by atoms with Gasteiger partial charge >= 0.3 is 0 Å². The number of ether oxygens (including phenoxy) is 1. The molecule has 0 bridgehead atoms. The van der Waals surface area contributed by atoms with Crippen LogP contribution in [-0.4, -0.2) is 33.3 Å². The van der Waals surface area contributed by atoms with E-state index in [1.807, 2.05) is 26.2 Å². The first kappa shape index (κ1) is 16.8. The van der Waals surface area contributed by atoms with Gasteiger partial charge in [0.25, 0.3) is 0 Å². The first-order chi connectivity index (χ1) is 9.59. The average molecular weight is 278 g/mol. The molecule has 1 aromatic rings. The molecule has 0 aliphatic heterocycles. The zero-order chi connectivity index (χ0) is 14.8. The molecule has 20 heavy (non-hydrogen) atoms. The molecule has 0 aromatic heterocycles. The summed E-state index contributed by atoms with van der Waals surface area (Å²) in [4.78, 5) is 2.09. The molecule has 0 amide bonds. The van der Waals surface area contributed by atoms with E-state index in [2.05, 4.69) is 36.2 Å². The average Bonchev–Trinajstić information content (AvgIpc) is 2.41. The minimum atomic E-state index is 0.599. The first-order valence-corrected chi connectivity index (χ1v) is 7.73. The predicted octanol–water partition coefficient (Wildman–Crippen LogP) is 3.69. The van der Waals surface area contributed by atoms with Crippen LogP contribution in [0.3, 0.4) is 0 Å². The SMILES string of the molecule is CC(C)NCCCCCCOc1cccc(N(C)C)c1. The highest BCUT2D eigenvalue weighted by Crippen LogP contribution is 2.19. The summed E-state index contributed by atoms with van der Waals surface area (Å²) in [5.41, 5.74) is 1.18. The molecule has 1 aromatic carbocycles. The number of nitrogens with zero attached hydrogens (tertiary/aromatic N) is 1. The Labute approximate surface area is 124 Å². The van der Waals surface area contributed by atoms with Crippen LogP contribution in [0.25, 0.3) is 0 Å². The van der Waals surface area contributed by atoms with Crippen LogP contribution in [0.1, 0.15) is 39.5 Å². The fourth-order valence-corrected chi connectivity index (χ4v) is 2.01. The van der Waals surface area contributed by atoms with Gasteiger partial charge in [-0.2, -0.15) is 0 Å². The minimum Gasteiger partial charge on any atom is -0.494 e. The van der Waals surface area contributed by atoms with Gasteiger partial charge in [-0.25, -0.2) is 0 Å². The zero-order valence-corrected chi connectivity index (χ0v) is 13.5. The monoisotopic (exact) mass is 278 g/mol. The minimum absolute atomic E-state index is 0.599. The third-order valence-corrected chi connectivity index (χ3v) is 3.23. The van der Waals surface area contributed by atoms with Crippen LogP contribution < -0.4 is 15.0 Å². The standard InChI is InChI=1S/C17H30N2O/c1-15(2)18-12-7-5-6-8-13-20-17-11-9-10-16(14-17)19(3)4/h9-11,14-15,18H,5-8,12-13H2,1-4H3. The van der Waals surface area contributed by atoms with Crippen molar-refractivity contribution in [1.29, 1.82) is 0 Å². The number of anilines is 1. The topological polar surface area (TPSA) is 24.5 Å². The van der Waals surface area contributed by atoms with E-state index in [1.165, 1.54) is 24.9 Å². The number of benzene rings is 1. The lowest BCUT2D eigenvalue weighted by molar-refractivity contribution is 0.304. The molecule has 0 saturated heterocycles. The van der Waals surface area contributed by atoms with Crippen LogP contribution in [0, 0.1) is 0 Å². The van der Waals surface area contributed by atoms with Crippen LogP contribution in [-0.2, 0) is 0 Å². The van der Waals surface area contributed by atoms with Gasteiger partial charge in [0.1, 0.15) is 5.75 Å². The van der Waals surface area contributed by atoms with Gasteiger partial charge in [-0.1, -0.05) is 32.8 Å². The van der Waals surface area contributed by atoms with E-state index < -0.39 is 0 Å². The van der Waals surface area contributed by atoms with Gasteiger partial charge in [0.2, 0.25) is 0 Å². The van der Waals surface area contributed by atoms with Crippen LogP contribution in [0.4, 0.5) is 5.69 Å². The van der Waals surface area contributed by atoms with E-state index >= 15 is 0 Å². The number of hydrogen-bond acceptors (Lipinski definition) is 3. The van der Waals surface area contributed by atoms with Gasteiger partial charge in [0.15, 0.2) is 0 Å². The van der Waals surface area contributed by atoms with Crippen molar-refractivity contribution in [3.63, 3.8) is 0 Å². The van der Waals surface area contributed by atoms with Crippen molar-refractivity contribution in [1.82, 2.24) is 5.32 Å². The van der Waals surface area contributed by atoms with E-state index in [1.54, 1.807) is 0 Å². The Hall–Kier alpha value is -1.22. The van der Waals surface area contributed by atoms with Gasteiger partial charge in [0.05, 0.1) is 6.61 Å². The lowest BCUT2D eigenvalue weighted by atomic mass is 10.2. The summed E-state index contributed by atoms with van der Waals surface area (Å²) in [7, 11) is 4.09. The fraction of sp³-hybridized carbons (Fsp3) is 0.647. The molecule has 0 heterocycles. The van der Waals surface area contributed by atoms with Crippen LogP contribution in [0.15, 0.2) is 24.3 Å². The lowest BCUT2D eigenvalue weighted by Crippen LogP contribution is -2.23. The van der Waals surface area contributed by atoms with E-state index in [9.17, 15) is 0 Å². The molecule has 114 valence electrons. The molecule has 0 aliphatic carbocycles. The number of rotatable bonds is 10. The Morgan fingerprint density at radius 1 is 1.10 bits per heavy atom. The summed E-state index contributed by atoms with van der Waals surface area (Å²) in [5, 5.41) is 3.44. The quantitative estimate of drug-likeness (QED) is 0.661. The van der Waals surface area contributed by atoms with Gasteiger partial charge < -0.3 is 15.0 Å². The van der Waals surface area contributed by atoms with E-state index in [-0.39, 0.29) is 0 Å². The molecule has 0 saturated carbocycles. The molecule has 3 heteroatoms. The zero-order valence-electron chi connectivity index (χ0n) is 13.5. The van der Waals surface area contributed by atoms with Crippen molar-refractivity contribution in [3.05, 3.63) is 24.3 Å². The summed E-state index contributed by atoms with van der Waals surface area (Å²) in [5.74, 6) is 0.970. The van der Waals surface area contributed by atoms with E-state index in [0.717, 1.165) is 25.3 Å². The molecular weight excluding hydrogens is 248 g/mol. The van der Waals surface area contributed by atoms with E-state index in [4.69, 9.17) is 4.74 Å². The first-order valence-electron chi connectivity index (χ1n) is 7.73. The highest BCUT2D eigenvalue weighted by molar-refractivity contribution is 5.49. The van der Waals surface area contributed by atoms with Crippen molar-refractivity contribution >= 4 is 5.69 Å². The highest BCUT2D eigenvalue weighted by atomic mass is 16.5. The number of nitrogens with one attached hydrogen (secondary N) is 1. The van der Waals surface area contributed by atoms with Crippen LogP contribution in [0.2, 0.25) is 0 Å². The van der Waals surface area contributed by atoms with E-state index in [0.29, 0.717) is 6.04 Å². The molecule has 0 unspecified atom stereocenters. The van der Waals surface area contributed by atoms with Gasteiger partial charge in [-0.15, -0.1) is 0 Å². The molecular formula is C17H30N2O. The summed E-state index contributed by atoms with van der Waals surface area (Å²) in [6, 6.07) is 8.85. The molecule has 0 atom stereocenters. The molecule has 0 fully saturated rings. The summed E-state index contributed by atoms with van der Waals surface area (Å²) >= 11 is 0. The second kappa shape index (κ2) is 9.65. The number of hydrogen-bond donors (Lipinski definition) is 1. The third-order valence-electron chi connectivity index (χ3n) is 3.23. The second-order valence-corrected chi connectivity index (χ2v) is 5.76. The smallest absolute Gasteiger partial charge is 0.121 e. The summed E-state index contributed by atoms with van der Waals surface area (Å²) < 4.78 is 5.80. The Morgan fingerprint density at radius 3 is 2.55 bits per heavy atom. The van der Waals surface area contributed by atoms with Crippen molar-refractivity contribution in [2.45, 2.75) is 45.6 Å². The molecule has 1 N–H and O–H groups in total. The predicted molar refractivity (Wildman–Crippen MR) is 87.9 cm³/mol. The van der Waals surface area contributed by atoms with Crippen molar-refractivity contribution in [2.75, 3.05) is 32.1 Å². The highest BCUT2D eigenvalue weighted by Gasteiger charge is 1.98. The Balaban J connectivity index is 2.08. The third kappa shape index (κ3) is 7.39. The summed E-state index contributed by atoms with van der Waals surface area (Å²) in [6.07, 6.45) is 4.91. The van der Waals surface area contributed by atoms with Gasteiger partial charge in [-0.05, 0) is 31.5 Å². The second-order valence-electron chi connectivity index (χ2n) is 5.76. The van der Waals surface area contributed by atoms with Crippen molar-refractivity contribution in [3.8, 4) is 5.75 Å². The van der Waals surface area contributed by atoms with Crippen molar-refractivity contribution in [2.24, 2.45) is 0 Å². The number of unbranched alkanes of at least 4 members (excludes halogenated alkanes) is 3. The lowest BCUT2D eigenvalue weighted by Gasteiger charge is -2.14. The maximum absolute atomic E-state index is 5.80. The fourth-order valence-electron chi connectivity index (χ4n) is 2.01.